The normalized spacial score (nSPS) is 34.5. The van der Waals surface area contributed by atoms with Crippen LogP contribution in [0.2, 0.25) is 0 Å². The smallest absolute Gasteiger partial charge is 0.143 e. The van der Waals surface area contributed by atoms with E-state index in [2.05, 4.69) is 11.8 Å². The topological polar surface area (TPSA) is 37.4 Å². The van der Waals surface area contributed by atoms with Gasteiger partial charge in [-0.3, -0.25) is 9.59 Å². The summed E-state index contributed by atoms with van der Waals surface area (Å²) in [6, 6.07) is 0. The molecule has 0 aromatic carbocycles. The maximum atomic E-state index is 11.9. The number of carbonyl (C=O) groups excluding carboxylic acids is 2. The summed E-state index contributed by atoms with van der Waals surface area (Å²) in [5.74, 6) is 1.09. The molecule has 1 aliphatic heterocycles. The van der Waals surface area contributed by atoms with E-state index in [1.807, 2.05) is 0 Å². The van der Waals surface area contributed by atoms with Crippen LogP contribution < -0.4 is 0 Å². The lowest BCUT2D eigenvalue weighted by atomic mass is 9.69. The first-order valence-corrected chi connectivity index (χ1v) is 6.87. The fraction of sp³-hybridized carbons (Fsp3) is 0.857. The Morgan fingerprint density at radius 1 is 1.41 bits per heavy atom. The van der Waals surface area contributed by atoms with E-state index in [4.69, 9.17) is 0 Å². The SMILES string of the molecule is CCCN1CC[C@H]2CC(=O)C(C(C)=O)C[C@@H]2C1. The Balaban J connectivity index is 1.99. The molecule has 1 heterocycles. The number of ketones is 2. The highest BCUT2D eigenvalue weighted by molar-refractivity contribution is 6.01. The van der Waals surface area contributed by atoms with Crippen LogP contribution >= 0.6 is 0 Å². The van der Waals surface area contributed by atoms with Crippen LogP contribution in [0.15, 0.2) is 0 Å². The van der Waals surface area contributed by atoms with Crippen molar-refractivity contribution in [3.63, 3.8) is 0 Å². The summed E-state index contributed by atoms with van der Waals surface area (Å²) in [7, 11) is 0. The van der Waals surface area contributed by atoms with Gasteiger partial charge in [-0.2, -0.15) is 0 Å². The van der Waals surface area contributed by atoms with E-state index in [0.717, 1.165) is 32.5 Å². The van der Waals surface area contributed by atoms with Crippen molar-refractivity contribution in [1.82, 2.24) is 4.90 Å². The lowest BCUT2D eigenvalue weighted by molar-refractivity contribution is -0.137. The first kappa shape index (κ1) is 12.7. The van der Waals surface area contributed by atoms with E-state index in [1.165, 1.54) is 6.42 Å². The van der Waals surface area contributed by atoms with Crippen LogP contribution in [-0.2, 0) is 9.59 Å². The molecule has 1 unspecified atom stereocenters. The third-order valence-electron chi connectivity index (χ3n) is 4.40. The molecule has 0 amide bonds. The molecule has 0 spiro atoms. The zero-order chi connectivity index (χ0) is 12.4. The van der Waals surface area contributed by atoms with Gasteiger partial charge in [0.05, 0.1) is 5.92 Å². The summed E-state index contributed by atoms with van der Waals surface area (Å²) >= 11 is 0. The Morgan fingerprint density at radius 2 is 2.18 bits per heavy atom. The zero-order valence-corrected chi connectivity index (χ0v) is 10.9. The minimum Gasteiger partial charge on any atom is -0.303 e. The molecule has 0 bridgehead atoms. The fourth-order valence-electron chi connectivity index (χ4n) is 3.44. The van der Waals surface area contributed by atoms with Crippen LogP contribution in [-0.4, -0.2) is 36.1 Å². The second kappa shape index (κ2) is 5.30. The highest BCUT2D eigenvalue weighted by Gasteiger charge is 2.40. The number of likely N-dealkylation sites (tertiary alicyclic amines) is 1. The molecule has 1 saturated carbocycles. The Kier molecular flexibility index (Phi) is 3.97. The summed E-state index contributed by atoms with van der Waals surface area (Å²) in [6.45, 7) is 7.15. The third kappa shape index (κ3) is 2.76. The molecule has 3 atom stereocenters. The van der Waals surface area contributed by atoms with Gasteiger partial charge in [0.2, 0.25) is 0 Å². The number of piperidine rings is 1. The van der Waals surface area contributed by atoms with Crippen molar-refractivity contribution < 1.29 is 9.59 Å². The molecule has 1 aliphatic carbocycles. The number of Topliss-reactive ketones (excluding diaryl/α,β-unsaturated/α-hetero) is 2. The predicted molar refractivity (Wildman–Crippen MR) is 66.7 cm³/mol. The minimum atomic E-state index is -0.294. The van der Waals surface area contributed by atoms with Crippen LogP contribution in [0.4, 0.5) is 0 Å². The summed E-state index contributed by atoms with van der Waals surface area (Å²) in [4.78, 5) is 25.8. The van der Waals surface area contributed by atoms with E-state index in [1.54, 1.807) is 6.92 Å². The van der Waals surface area contributed by atoms with E-state index in [-0.39, 0.29) is 17.5 Å². The number of hydrogen-bond donors (Lipinski definition) is 0. The van der Waals surface area contributed by atoms with Crippen molar-refractivity contribution in [2.75, 3.05) is 19.6 Å². The summed E-state index contributed by atoms with van der Waals surface area (Å²) < 4.78 is 0. The van der Waals surface area contributed by atoms with Crippen LogP contribution in [0.1, 0.15) is 39.5 Å². The quantitative estimate of drug-likeness (QED) is 0.704. The van der Waals surface area contributed by atoms with Crippen molar-refractivity contribution >= 4 is 11.6 Å². The second-order valence-electron chi connectivity index (χ2n) is 5.68. The van der Waals surface area contributed by atoms with Gasteiger partial charge in [0.1, 0.15) is 11.6 Å². The van der Waals surface area contributed by atoms with Gasteiger partial charge >= 0.3 is 0 Å². The van der Waals surface area contributed by atoms with E-state index < -0.39 is 0 Å². The number of carbonyl (C=O) groups is 2. The molecular weight excluding hydrogens is 214 g/mol. The van der Waals surface area contributed by atoms with Gasteiger partial charge in [-0.1, -0.05) is 6.92 Å². The van der Waals surface area contributed by atoms with Crippen LogP contribution in [0.5, 0.6) is 0 Å². The summed E-state index contributed by atoms with van der Waals surface area (Å²) in [5, 5.41) is 0. The van der Waals surface area contributed by atoms with Gasteiger partial charge in [-0.15, -0.1) is 0 Å². The molecule has 2 aliphatic rings. The average molecular weight is 237 g/mol. The molecule has 3 nitrogen and oxygen atoms in total. The molecule has 3 heteroatoms. The van der Waals surface area contributed by atoms with Gasteiger partial charge in [-0.05, 0) is 51.1 Å². The Bertz CT molecular complexity index is 313. The lowest BCUT2D eigenvalue weighted by Crippen LogP contribution is -2.46. The molecule has 0 aromatic heterocycles. The Morgan fingerprint density at radius 3 is 2.82 bits per heavy atom. The maximum absolute atomic E-state index is 11.9. The maximum Gasteiger partial charge on any atom is 0.143 e. The second-order valence-corrected chi connectivity index (χ2v) is 5.68. The monoisotopic (exact) mass is 237 g/mol. The zero-order valence-electron chi connectivity index (χ0n) is 10.9. The molecule has 2 fully saturated rings. The lowest BCUT2D eigenvalue weighted by Gasteiger charge is -2.42. The average Bonchev–Trinajstić information content (AvgIpc) is 2.28. The highest BCUT2D eigenvalue weighted by atomic mass is 16.1. The van der Waals surface area contributed by atoms with Crippen LogP contribution in [0, 0.1) is 17.8 Å². The largest absolute Gasteiger partial charge is 0.303 e. The number of fused-ring (bicyclic) bond motifs is 1. The molecule has 0 radical (unpaired) electrons. The minimum absolute atomic E-state index is 0.0704. The molecule has 96 valence electrons. The number of rotatable bonds is 3. The summed E-state index contributed by atoms with van der Waals surface area (Å²) in [5.41, 5.74) is 0. The molecule has 17 heavy (non-hydrogen) atoms. The molecule has 2 rings (SSSR count). The first-order chi connectivity index (χ1) is 8.11. The van der Waals surface area contributed by atoms with Crippen molar-refractivity contribution in [3.05, 3.63) is 0 Å². The van der Waals surface area contributed by atoms with Gasteiger partial charge in [0, 0.05) is 13.0 Å². The van der Waals surface area contributed by atoms with Crippen LogP contribution in [0.3, 0.4) is 0 Å². The van der Waals surface area contributed by atoms with Gasteiger partial charge < -0.3 is 4.90 Å². The van der Waals surface area contributed by atoms with Gasteiger partial charge in [-0.25, -0.2) is 0 Å². The standard InChI is InChI=1S/C14H23NO2/c1-3-5-15-6-4-11-8-14(17)13(10(2)16)7-12(11)9-15/h11-13H,3-9H2,1-2H3/t11-,12+,13?/m0/s1. The molecule has 1 saturated heterocycles. The fourth-order valence-corrected chi connectivity index (χ4v) is 3.44. The Labute approximate surface area is 104 Å². The third-order valence-corrected chi connectivity index (χ3v) is 4.40. The number of hydrogen-bond acceptors (Lipinski definition) is 3. The van der Waals surface area contributed by atoms with Crippen molar-refractivity contribution in [2.45, 2.75) is 39.5 Å². The Hall–Kier alpha value is -0.700. The molecular formula is C14H23NO2. The van der Waals surface area contributed by atoms with Crippen molar-refractivity contribution in [2.24, 2.45) is 17.8 Å². The van der Waals surface area contributed by atoms with Gasteiger partial charge in [0.25, 0.3) is 0 Å². The molecule has 0 N–H and O–H groups in total. The van der Waals surface area contributed by atoms with Gasteiger partial charge in [0.15, 0.2) is 0 Å². The van der Waals surface area contributed by atoms with E-state index >= 15 is 0 Å². The highest BCUT2D eigenvalue weighted by Crippen LogP contribution is 2.37. The number of nitrogens with zero attached hydrogens (tertiary/aromatic N) is 1. The van der Waals surface area contributed by atoms with Crippen molar-refractivity contribution in [1.29, 1.82) is 0 Å². The first-order valence-electron chi connectivity index (χ1n) is 6.87. The molecule has 0 aromatic rings. The predicted octanol–water partition coefficient (Wildman–Crippen LogP) is 1.90. The van der Waals surface area contributed by atoms with E-state index in [0.29, 0.717) is 18.3 Å². The van der Waals surface area contributed by atoms with Crippen molar-refractivity contribution in [3.8, 4) is 0 Å². The van der Waals surface area contributed by atoms with E-state index in [9.17, 15) is 9.59 Å². The van der Waals surface area contributed by atoms with Crippen LogP contribution in [0.25, 0.3) is 0 Å². The summed E-state index contributed by atoms with van der Waals surface area (Å²) in [6.07, 6.45) is 3.78.